The van der Waals surface area contributed by atoms with Crippen LogP contribution in [-0.4, -0.2) is 53.9 Å². The predicted molar refractivity (Wildman–Crippen MR) is 105 cm³/mol. The molecule has 4 aromatic heterocycles. The average Bonchev–Trinajstić information content (AvgIpc) is 3.42. The molecule has 31 heavy (non-hydrogen) atoms. The van der Waals surface area contributed by atoms with Crippen molar-refractivity contribution < 1.29 is 13.2 Å². The quantitative estimate of drug-likeness (QED) is 0.516. The third-order valence-corrected chi connectivity index (χ3v) is 5.35. The van der Waals surface area contributed by atoms with Crippen molar-refractivity contribution in [2.24, 2.45) is 0 Å². The molecule has 2 unspecified atom stereocenters. The predicted octanol–water partition coefficient (Wildman–Crippen LogP) is 2.47. The largest absolute Gasteiger partial charge is 0.435 e. The van der Waals surface area contributed by atoms with Crippen LogP contribution in [0.2, 0.25) is 0 Å². The highest BCUT2D eigenvalue weighted by Gasteiger charge is 2.34. The number of aromatic nitrogens is 7. The molecule has 0 amide bonds. The van der Waals surface area contributed by atoms with Gasteiger partial charge in [0, 0.05) is 37.0 Å². The van der Waals surface area contributed by atoms with Crippen molar-refractivity contribution in [2.75, 3.05) is 18.0 Å². The van der Waals surface area contributed by atoms with Gasteiger partial charge in [0.2, 0.25) is 0 Å². The lowest BCUT2D eigenvalue weighted by molar-refractivity contribution is -0.141. The van der Waals surface area contributed by atoms with Crippen molar-refractivity contribution in [3.05, 3.63) is 54.4 Å². The molecule has 1 aliphatic heterocycles. The van der Waals surface area contributed by atoms with Crippen LogP contribution in [0.15, 0.2) is 43.1 Å². The van der Waals surface area contributed by atoms with E-state index in [1.165, 1.54) is 18.6 Å². The smallest absolute Gasteiger partial charge is 0.346 e. The second-order valence-electron chi connectivity index (χ2n) is 7.30. The molecular weight excluding hydrogens is 411 g/mol. The fourth-order valence-corrected chi connectivity index (χ4v) is 3.92. The topological polar surface area (TPSA) is 99.9 Å². The Morgan fingerprint density at radius 3 is 2.77 bits per heavy atom. The highest BCUT2D eigenvalue weighted by molar-refractivity contribution is 5.63. The minimum absolute atomic E-state index is 0.0209. The zero-order valence-corrected chi connectivity index (χ0v) is 16.4. The Hall–Kier alpha value is -3.54. The number of halogens is 3. The van der Waals surface area contributed by atoms with Gasteiger partial charge in [-0.2, -0.15) is 23.4 Å². The summed E-state index contributed by atoms with van der Waals surface area (Å²) < 4.78 is 40.6. The minimum atomic E-state index is -4.55. The van der Waals surface area contributed by atoms with E-state index in [1.54, 1.807) is 12.3 Å². The summed E-state index contributed by atoms with van der Waals surface area (Å²) in [6, 6.07) is 4.06. The zero-order valence-electron chi connectivity index (χ0n) is 16.4. The normalized spacial score (nSPS) is 19.8. The number of rotatable bonds is 3. The van der Waals surface area contributed by atoms with E-state index in [1.807, 2.05) is 6.20 Å². The summed E-state index contributed by atoms with van der Waals surface area (Å²) >= 11 is 0. The molecule has 2 N–H and O–H groups in total. The van der Waals surface area contributed by atoms with Crippen LogP contribution >= 0.6 is 0 Å². The maximum absolute atomic E-state index is 13.1. The molecule has 0 aliphatic carbocycles. The molecule has 2 atom stereocenters. The first-order chi connectivity index (χ1) is 14.9. The Kier molecular flexibility index (Phi) is 4.58. The van der Waals surface area contributed by atoms with Gasteiger partial charge in [0.15, 0.2) is 11.3 Å². The molecule has 1 aliphatic rings. The molecule has 0 bridgehead atoms. The molecular formula is C19H18F3N9. The number of H-pyrrole nitrogens is 1. The monoisotopic (exact) mass is 429 g/mol. The number of hydrogen-bond donors (Lipinski definition) is 2. The molecule has 0 saturated carbocycles. The third kappa shape index (κ3) is 3.48. The van der Waals surface area contributed by atoms with Gasteiger partial charge in [0.25, 0.3) is 0 Å². The van der Waals surface area contributed by atoms with Crippen LogP contribution in [-0.2, 0) is 6.18 Å². The molecule has 4 aromatic rings. The Balaban J connectivity index is 1.56. The first kappa shape index (κ1) is 19.4. The van der Waals surface area contributed by atoms with Crippen LogP contribution < -0.4 is 10.2 Å². The summed E-state index contributed by atoms with van der Waals surface area (Å²) in [6.45, 7) is 3.54. The second-order valence-corrected chi connectivity index (χ2v) is 7.30. The summed E-state index contributed by atoms with van der Waals surface area (Å²) in [5.41, 5.74) is 1.10. The van der Waals surface area contributed by atoms with Gasteiger partial charge >= 0.3 is 6.18 Å². The fourth-order valence-electron chi connectivity index (χ4n) is 3.92. The van der Waals surface area contributed by atoms with Crippen LogP contribution in [0.25, 0.3) is 17.0 Å². The van der Waals surface area contributed by atoms with E-state index in [4.69, 9.17) is 0 Å². The number of alkyl halides is 3. The minimum Gasteiger partial charge on any atom is -0.346 e. The Labute approximate surface area is 174 Å². The van der Waals surface area contributed by atoms with Gasteiger partial charge in [-0.25, -0.2) is 19.5 Å². The van der Waals surface area contributed by atoms with E-state index < -0.39 is 11.9 Å². The highest BCUT2D eigenvalue weighted by Crippen LogP contribution is 2.32. The number of aromatic amines is 1. The van der Waals surface area contributed by atoms with E-state index in [-0.39, 0.29) is 12.1 Å². The standard InChI is InChI=1S/C19H18F3N9/c1-11-18(12-7-27-28-8-12)30(5-4-23-11)17-6-13(25-10-26-17)14-9-24-16-3-2-15(19(20,21)22)29-31(14)16/h2-3,6-11,18,23H,4-5H2,1H3,(H,27,28). The van der Waals surface area contributed by atoms with Gasteiger partial charge in [-0.3, -0.25) is 5.10 Å². The Bertz CT molecular complexity index is 1200. The molecule has 0 aromatic carbocycles. The van der Waals surface area contributed by atoms with Crippen molar-refractivity contribution >= 4 is 11.5 Å². The van der Waals surface area contributed by atoms with Gasteiger partial charge in [0.05, 0.1) is 24.1 Å². The Morgan fingerprint density at radius 1 is 1.13 bits per heavy atom. The average molecular weight is 429 g/mol. The van der Waals surface area contributed by atoms with Crippen LogP contribution in [0.4, 0.5) is 19.0 Å². The lowest BCUT2D eigenvalue weighted by Gasteiger charge is -2.41. The highest BCUT2D eigenvalue weighted by atomic mass is 19.4. The maximum atomic E-state index is 13.1. The lowest BCUT2D eigenvalue weighted by Crippen LogP contribution is -2.51. The van der Waals surface area contributed by atoms with Gasteiger partial charge in [-0.15, -0.1) is 0 Å². The number of piperazine rings is 1. The molecule has 0 spiro atoms. The van der Waals surface area contributed by atoms with Gasteiger partial charge in [-0.05, 0) is 19.1 Å². The zero-order chi connectivity index (χ0) is 21.6. The van der Waals surface area contributed by atoms with E-state index in [9.17, 15) is 13.2 Å². The molecule has 0 radical (unpaired) electrons. The number of fused-ring (bicyclic) bond motifs is 1. The second kappa shape index (κ2) is 7.30. The van der Waals surface area contributed by atoms with Crippen molar-refractivity contribution in [3.63, 3.8) is 0 Å². The van der Waals surface area contributed by atoms with Crippen molar-refractivity contribution in [3.8, 4) is 11.4 Å². The lowest BCUT2D eigenvalue weighted by atomic mass is 9.99. The van der Waals surface area contributed by atoms with E-state index >= 15 is 0 Å². The Morgan fingerprint density at radius 2 is 2.00 bits per heavy atom. The maximum Gasteiger partial charge on any atom is 0.435 e. The van der Waals surface area contributed by atoms with Gasteiger partial charge in [-0.1, -0.05) is 0 Å². The third-order valence-electron chi connectivity index (χ3n) is 5.35. The summed E-state index contributed by atoms with van der Waals surface area (Å²) in [7, 11) is 0. The number of nitrogens with zero attached hydrogens (tertiary/aromatic N) is 7. The molecule has 5 rings (SSSR count). The number of nitrogens with one attached hydrogen (secondary N) is 2. The summed E-state index contributed by atoms with van der Waals surface area (Å²) in [6.07, 6.45) is 1.92. The SMILES string of the molecule is CC1NCCN(c2cc(-c3cnc4ccc(C(F)(F)F)nn34)ncn2)C1c1cn[nH]c1. The van der Waals surface area contributed by atoms with Crippen LogP contribution in [0, 0.1) is 0 Å². The fraction of sp³-hybridized carbons (Fsp3) is 0.316. The first-order valence-electron chi connectivity index (χ1n) is 9.65. The van der Waals surface area contributed by atoms with Gasteiger partial charge < -0.3 is 10.2 Å². The first-order valence-corrected chi connectivity index (χ1v) is 9.65. The summed E-state index contributed by atoms with van der Waals surface area (Å²) in [5.74, 6) is 0.659. The van der Waals surface area contributed by atoms with E-state index in [0.717, 1.165) is 22.7 Å². The van der Waals surface area contributed by atoms with E-state index in [0.29, 0.717) is 29.4 Å². The molecule has 12 heteroatoms. The van der Waals surface area contributed by atoms with Crippen molar-refractivity contribution in [1.82, 2.24) is 40.1 Å². The molecule has 1 fully saturated rings. The number of hydrogen-bond acceptors (Lipinski definition) is 7. The number of imidazole rings is 1. The molecule has 160 valence electrons. The van der Waals surface area contributed by atoms with Crippen LogP contribution in [0.5, 0.6) is 0 Å². The number of anilines is 1. The van der Waals surface area contributed by atoms with Crippen molar-refractivity contribution in [2.45, 2.75) is 25.2 Å². The molecule has 5 heterocycles. The van der Waals surface area contributed by atoms with Crippen molar-refractivity contribution in [1.29, 1.82) is 0 Å². The van der Waals surface area contributed by atoms with E-state index in [2.05, 4.69) is 47.4 Å². The van der Waals surface area contributed by atoms with Gasteiger partial charge in [0.1, 0.15) is 17.8 Å². The van der Waals surface area contributed by atoms with Crippen LogP contribution in [0.3, 0.4) is 0 Å². The summed E-state index contributed by atoms with van der Waals surface area (Å²) in [5, 5.41) is 14.1. The summed E-state index contributed by atoms with van der Waals surface area (Å²) in [4.78, 5) is 15.0. The molecule has 1 saturated heterocycles. The molecule has 9 nitrogen and oxygen atoms in total. The van der Waals surface area contributed by atoms with Crippen LogP contribution in [0.1, 0.15) is 24.2 Å².